The lowest BCUT2D eigenvalue weighted by Gasteiger charge is -2.05. The second kappa shape index (κ2) is 2.79. The Morgan fingerprint density at radius 3 is 2.33 bits per heavy atom. The van der Waals surface area contributed by atoms with Crippen LogP contribution in [0.3, 0.4) is 0 Å². The lowest BCUT2D eigenvalue weighted by molar-refractivity contribution is 0.559. The Labute approximate surface area is 87.5 Å². The standard InChI is InChI=1S/C8H12N4O2S/c9-15(13,14)8-11-10-7(5-1-2-5)12(8)6-3-4-6/h5-6H,1-4H2,(H2,9,13,14). The third-order valence-corrected chi connectivity index (χ3v) is 3.59. The summed E-state index contributed by atoms with van der Waals surface area (Å²) in [6, 6.07) is 0.254. The van der Waals surface area contributed by atoms with E-state index in [4.69, 9.17) is 5.14 Å². The van der Waals surface area contributed by atoms with E-state index in [1.807, 2.05) is 0 Å². The molecule has 1 aromatic heterocycles. The summed E-state index contributed by atoms with van der Waals surface area (Å²) in [4.78, 5) is 0. The molecule has 1 heterocycles. The average molecular weight is 228 g/mol. The number of aromatic nitrogens is 3. The number of nitrogens with two attached hydrogens (primary N) is 1. The van der Waals surface area contributed by atoms with Crippen LogP contribution in [0.15, 0.2) is 5.16 Å². The Hall–Kier alpha value is -0.950. The van der Waals surface area contributed by atoms with Gasteiger partial charge in [-0.2, -0.15) is 0 Å². The van der Waals surface area contributed by atoms with E-state index >= 15 is 0 Å². The van der Waals surface area contributed by atoms with Crippen molar-refractivity contribution in [3.05, 3.63) is 5.82 Å². The van der Waals surface area contributed by atoms with Gasteiger partial charge in [0.1, 0.15) is 5.82 Å². The topological polar surface area (TPSA) is 90.9 Å². The first-order valence-corrected chi connectivity index (χ1v) is 6.59. The molecule has 0 spiro atoms. The van der Waals surface area contributed by atoms with Crippen LogP contribution >= 0.6 is 0 Å². The molecule has 0 amide bonds. The second-order valence-electron chi connectivity index (χ2n) is 4.26. The summed E-state index contributed by atoms with van der Waals surface area (Å²) in [5.41, 5.74) is 0. The minimum absolute atomic E-state index is 0.0631. The predicted octanol–water partition coefficient (Wildman–Crippen LogP) is 0.138. The van der Waals surface area contributed by atoms with Gasteiger partial charge in [0.15, 0.2) is 0 Å². The first-order chi connectivity index (χ1) is 7.07. The molecule has 15 heavy (non-hydrogen) atoms. The fourth-order valence-corrected chi connectivity index (χ4v) is 2.45. The molecule has 2 saturated carbocycles. The fourth-order valence-electron chi connectivity index (χ4n) is 1.78. The molecular weight excluding hydrogens is 216 g/mol. The van der Waals surface area contributed by atoms with Gasteiger partial charge in [-0.05, 0) is 25.7 Å². The van der Waals surface area contributed by atoms with Gasteiger partial charge in [-0.25, -0.2) is 13.6 Å². The Kier molecular flexibility index (Phi) is 1.73. The minimum Gasteiger partial charge on any atom is -0.297 e. The van der Waals surface area contributed by atoms with Gasteiger partial charge >= 0.3 is 0 Å². The summed E-state index contributed by atoms with van der Waals surface area (Å²) in [7, 11) is -3.73. The van der Waals surface area contributed by atoms with Crippen molar-refractivity contribution in [1.82, 2.24) is 14.8 Å². The van der Waals surface area contributed by atoms with Gasteiger partial charge in [0, 0.05) is 12.0 Å². The van der Waals surface area contributed by atoms with E-state index in [9.17, 15) is 8.42 Å². The smallest absolute Gasteiger partial charge is 0.273 e. The molecule has 7 heteroatoms. The van der Waals surface area contributed by atoms with Gasteiger partial charge in [0.2, 0.25) is 0 Å². The van der Waals surface area contributed by atoms with Crippen LogP contribution in [0.25, 0.3) is 0 Å². The monoisotopic (exact) mass is 228 g/mol. The van der Waals surface area contributed by atoms with Crippen molar-refractivity contribution in [3.8, 4) is 0 Å². The summed E-state index contributed by atoms with van der Waals surface area (Å²) < 4.78 is 24.3. The van der Waals surface area contributed by atoms with Gasteiger partial charge < -0.3 is 0 Å². The number of primary sulfonamides is 1. The van der Waals surface area contributed by atoms with Gasteiger partial charge in [0.25, 0.3) is 15.2 Å². The number of nitrogens with zero attached hydrogens (tertiary/aromatic N) is 3. The molecule has 0 unspecified atom stereocenters. The van der Waals surface area contributed by atoms with E-state index in [0.717, 1.165) is 31.5 Å². The Bertz CT molecular complexity index is 499. The van der Waals surface area contributed by atoms with Crippen LogP contribution in [0.5, 0.6) is 0 Å². The van der Waals surface area contributed by atoms with Crippen molar-refractivity contribution in [2.45, 2.75) is 42.8 Å². The molecular formula is C8H12N4O2S. The quantitative estimate of drug-likeness (QED) is 0.796. The first kappa shape index (κ1) is 9.29. The zero-order chi connectivity index (χ0) is 10.6. The molecule has 1 aromatic rings. The van der Waals surface area contributed by atoms with E-state index in [0.29, 0.717) is 5.92 Å². The molecule has 0 atom stereocenters. The molecule has 0 radical (unpaired) electrons. The third-order valence-electron chi connectivity index (χ3n) is 2.80. The molecule has 82 valence electrons. The first-order valence-electron chi connectivity index (χ1n) is 5.05. The zero-order valence-corrected chi connectivity index (χ0v) is 8.94. The van der Waals surface area contributed by atoms with Gasteiger partial charge in [0.05, 0.1) is 0 Å². The molecule has 2 N–H and O–H groups in total. The number of hydrogen-bond donors (Lipinski definition) is 1. The highest BCUT2D eigenvalue weighted by Crippen LogP contribution is 2.45. The Balaban J connectivity index is 2.14. The SMILES string of the molecule is NS(=O)(=O)c1nnc(C2CC2)n1C1CC1. The highest BCUT2D eigenvalue weighted by atomic mass is 32.2. The minimum atomic E-state index is -3.73. The highest BCUT2D eigenvalue weighted by Gasteiger charge is 2.38. The van der Waals surface area contributed by atoms with Crippen LogP contribution in [0.4, 0.5) is 0 Å². The number of hydrogen-bond acceptors (Lipinski definition) is 4. The van der Waals surface area contributed by atoms with Crippen LogP contribution < -0.4 is 5.14 Å². The van der Waals surface area contributed by atoms with Crippen molar-refractivity contribution in [1.29, 1.82) is 0 Å². The van der Waals surface area contributed by atoms with E-state index in [2.05, 4.69) is 10.2 Å². The van der Waals surface area contributed by atoms with E-state index in [-0.39, 0.29) is 11.2 Å². The summed E-state index contributed by atoms with van der Waals surface area (Å²) in [5.74, 6) is 1.20. The fraction of sp³-hybridized carbons (Fsp3) is 0.750. The van der Waals surface area contributed by atoms with Gasteiger partial charge in [-0.3, -0.25) is 4.57 Å². The Morgan fingerprint density at radius 2 is 1.87 bits per heavy atom. The summed E-state index contributed by atoms with van der Waals surface area (Å²) >= 11 is 0. The van der Waals surface area contributed by atoms with Gasteiger partial charge in [-0.15, -0.1) is 10.2 Å². The molecule has 2 fully saturated rings. The summed E-state index contributed by atoms with van der Waals surface area (Å²) in [6.45, 7) is 0. The summed E-state index contributed by atoms with van der Waals surface area (Å²) in [6.07, 6.45) is 4.16. The molecule has 0 aromatic carbocycles. The average Bonchev–Trinajstić information content (AvgIpc) is 3.02. The highest BCUT2D eigenvalue weighted by molar-refractivity contribution is 7.89. The number of sulfonamides is 1. The maximum absolute atomic E-state index is 11.3. The van der Waals surface area contributed by atoms with Crippen molar-refractivity contribution >= 4 is 10.0 Å². The van der Waals surface area contributed by atoms with Crippen LogP contribution in [-0.2, 0) is 10.0 Å². The third kappa shape index (κ3) is 1.55. The summed E-state index contributed by atoms with van der Waals surface area (Å²) in [5, 5.41) is 12.7. The molecule has 0 aliphatic heterocycles. The van der Waals surface area contributed by atoms with Crippen molar-refractivity contribution in [2.75, 3.05) is 0 Å². The molecule has 0 saturated heterocycles. The molecule has 2 aliphatic carbocycles. The maximum atomic E-state index is 11.3. The van der Waals surface area contributed by atoms with Crippen LogP contribution in [-0.4, -0.2) is 23.2 Å². The second-order valence-corrected chi connectivity index (χ2v) is 5.72. The van der Waals surface area contributed by atoms with Crippen molar-refractivity contribution in [3.63, 3.8) is 0 Å². The largest absolute Gasteiger partial charge is 0.297 e. The molecule has 0 bridgehead atoms. The maximum Gasteiger partial charge on any atom is 0.273 e. The van der Waals surface area contributed by atoms with Gasteiger partial charge in [-0.1, -0.05) is 0 Å². The van der Waals surface area contributed by atoms with E-state index in [1.54, 1.807) is 4.57 Å². The van der Waals surface area contributed by atoms with Crippen LogP contribution in [0.2, 0.25) is 0 Å². The van der Waals surface area contributed by atoms with Crippen molar-refractivity contribution in [2.24, 2.45) is 5.14 Å². The van der Waals surface area contributed by atoms with Crippen molar-refractivity contribution < 1.29 is 8.42 Å². The molecule has 6 nitrogen and oxygen atoms in total. The van der Waals surface area contributed by atoms with Crippen LogP contribution in [0, 0.1) is 0 Å². The zero-order valence-electron chi connectivity index (χ0n) is 8.13. The molecule has 3 rings (SSSR count). The lowest BCUT2D eigenvalue weighted by Crippen LogP contribution is -2.18. The Morgan fingerprint density at radius 1 is 1.20 bits per heavy atom. The van der Waals surface area contributed by atoms with E-state index < -0.39 is 10.0 Å². The lowest BCUT2D eigenvalue weighted by atomic mass is 10.4. The predicted molar refractivity (Wildman–Crippen MR) is 51.6 cm³/mol. The molecule has 2 aliphatic rings. The van der Waals surface area contributed by atoms with Crippen LogP contribution in [0.1, 0.15) is 43.5 Å². The normalized spacial score (nSPS) is 21.9. The number of rotatable bonds is 3. The van der Waals surface area contributed by atoms with E-state index in [1.165, 1.54) is 0 Å².